The average molecular weight is 110 g/mol. The highest BCUT2D eigenvalue weighted by Gasteiger charge is 2.34. The summed E-state index contributed by atoms with van der Waals surface area (Å²) >= 11 is 0. The van der Waals surface area contributed by atoms with Crippen molar-refractivity contribution in [1.29, 1.82) is 5.26 Å². The lowest BCUT2D eigenvalue weighted by Crippen LogP contribution is -2.09. The minimum Gasteiger partial charge on any atom is -0.320 e. The van der Waals surface area contributed by atoms with Gasteiger partial charge >= 0.3 is 0 Å². The first-order valence-corrected chi connectivity index (χ1v) is 3.03. The molecule has 2 nitrogen and oxygen atoms in total. The molecule has 0 aromatic heterocycles. The lowest BCUT2D eigenvalue weighted by molar-refractivity contribution is 0.714. The maximum atomic E-state index is 8.13. The summed E-state index contributed by atoms with van der Waals surface area (Å²) in [6.07, 6.45) is 4.35. The number of nitriles is 1. The molecular formula is C6H10N2. The van der Waals surface area contributed by atoms with Crippen LogP contribution in [0, 0.1) is 17.4 Å². The zero-order valence-electron chi connectivity index (χ0n) is 5.02. The summed E-state index contributed by atoms with van der Waals surface area (Å²) in [4.78, 5) is 0. The van der Waals surface area contributed by atoms with Crippen molar-refractivity contribution in [2.45, 2.75) is 25.8 Å². The highest BCUT2D eigenvalue weighted by Crippen LogP contribution is 2.32. The minimum atomic E-state index is 0.519. The maximum absolute atomic E-state index is 8.13. The Morgan fingerprint density at radius 1 is 1.88 bits per heavy atom. The predicted molar refractivity (Wildman–Crippen MR) is 30.9 cm³/mol. The molecule has 1 saturated carbocycles. The molecule has 1 rings (SSSR count). The Labute approximate surface area is 49.5 Å². The first-order chi connectivity index (χ1) is 3.88. The van der Waals surface area contributed by atoms with Crippen molar-refractivity contribution in [1.82, 2.24) is 5.32 Å². The largest absolute Gasteiger partial charge is 0.320 e. The molecule has 0 amide bonds. The fourth-order valence-electron chi connectivity index (χ4n) is 0.958. The van der Waals surface area contributed by atoms with Crippen molar-refractivity contribution in [2.75, 3.05) is 0 Å². The van der Waals surface area contributed by atoms with E-state index in [-0.39, 0.29) is 0 Å². The van der Waals surface area contributed by atoms with Crippen LogP contribution in [0.15, 0.2) is 0 Å². The summed E-state index contributed by atoms with van der Waals surface area (Å²) in [7, 11) is 0. The highest BCUT2D eigenvalue weighted by atomic mass is 15.0. The second-order valence-electron chi connectivity index (χ2n) is 2.27. The van der Waals surface area contributed by atoms with E-state index < -0.39 is 0 Å². The molecule has 8 heavy (non-hydrogen) atoms. The topological polar surface area (TPSA) is 35.8 Å². The van der Waals surface area contributed by atoms with E-state index in [9.17, 15) is 0 Å². The van der Waals surface area contributed by atoms with Gasteiger partial charge in [0.15, 0.2) is 6.19 Å². The normalized spacial score (nSPS) is 33.5. The SMILES string of the molecule is CCC1CC1NC#N. The molecule has 1 aliphatic carbocycles. The Morgan fingerprint density at radius 3 is 3.00 bits per heavy atom. The Morgan fingerprint density at radius 2 is 2.62 bits per heavy atom. The van der Waals surface area contributed by atoms with Gasteiger partial charge in [-0.2, -0.15) is 5.26 Å². The lowest BCUT2D eigenvalue weighted by atomic mass is 10.3. The second-order valence-corrected chi connectivity index (χ2v) is 2.27. The van der Waals surface area contributed by atoms with E-state index >= 15 is 0 Å². The molecule has 0 heterocycles. The molecule has 0 aromatic carbocycles. The molecule has 0 bridgehead atoms. The van der Waals surface area contributed by atoms with Crippen LogP contribution in [0.5, 0.6) is 0 Å². The molecule has 1 aliphatic rings. The summed E-state index contributed by atoms with van der Waals surface area (Å²) < 4.78 is 0. The highest BCUT2D eigenvalue weighted by molar-refractivity contribution is 4.95. The van der Waals surface area contributed by atoms with Gasteiger partial charge < -0.3 is 5.32 Å². The fourth-order valence-corrected chi connectivity index (χ4v) is 0.958. The van der Waals surface area contributed by atoms with Gasteiger partial charge in [-0.3, -0.25) is 0 Å². The van der Waals surface area contributed by atoms with Gasteiger partial charge in [0.1, 0.15) is 0 Å². The standard InChI is InChI=1S/C6H10N2/c1-2-5-3-6(5)8-4-7/h5-6,8H,2-3H2,1H3. The molecule has 2 unspecified atom stereocenters. The molecule has 2 heteroatoms. The first-order valence-electron chi connectivity index (χ1n) is 3.03. The number of nitrogens with one attached hydrogen (secondary N) is 1. The van der Waals surface area contributed by atoms with Crippen LogP contribution in [0.3, 0.4) is 0 Å². The third kappa shape index (κ3) is 0.919. The summed E-state index contributed by atoms with van der Waals surface area (Å²) in [5.74, 6) is 0.787. The fraction of sp³-hybridized carbons (Fsp3) is 0.833. The first kappa shape index (κ1) is 5.43. The van der Waals surface area contributed by atoms with Crippen LogP contribution in [-0.2, 0) is 0 Å². The van der Waals surface area contributed by atoms with Crippen LogP contribution in [0.2, 0.25) is 0 Å². The molecule has 44 valence electrons. The van der Waals surface area contributed by atoms with Crippen LogP contribution in [0.1, 0.15) is 19.8 Å². The molecule has 0 aromatic rings. The van der Waals surface area contributed by atoms with Crippen LogP contribution < -0.4 is 5.32 Å². The summed E-state index contributed by atoms with van der Waals surface area (Å²) in [6, 6.07) is 0.519. The summed E-state index contributed by atoms with van der Waals surface area (Å²) in [5.41, 5.74) is 0. The Bertz CT molecular complexity index is 114. The van der Waals surface area contributed by atoms with Gasteiger partial charge in [0.05, 0.1) is 0 Å². The van der Waals surface area contributed by atoms with E-state index in [1.165, 1.54) is 12.8 Å². The summed E-state index contributed by atoms with van der Waals surface area (Å²) in [6.45, 7) is 2.16. The van der Waals surface area contributed by atoms with E-state index in [0.29, 0.717) is 6.04 Å². The van der Waals surface area contributed by atoms with E-state index in [1.807, 2.05) is 6.19 Å². The van der Waals surface area contributed by atoms with Gasteiger partial charge in [-0.25, -0.2) is 0 Å². The molecule has 2 atom stereocenters. The third-order valence-electron chi connectivity index (χ3n) is 1.70. The lowest BCUT2D eigenvalue weighted by Gasteiger charge is -1.88. The third-order valence-corrected chi connectivity index (χ3v) is 1.70. The number of hydrogen-bond donors (Lipinski definition) is 1. The molecular weight excluding hydrogens is 100 g/mol. The Hall–Kier alpha value is -0.710. The van der Waals surface area contributed by atoms with Crippen molar-refractivity contribution in [3.05, 3.63) is 0 Å². The van der Waals surface area contributed by atoms with Gasteiger partial charge in [-0.1, -0.05) is 13.3 Å². The maximum Gasteiger partial charge on any atom is 0.176 e. The molecule has 0 aliphatic heterocycles. The van der Waals surface area contributed by atoms with E-state index in [0.717, 1.165) is 5.92 Å². The monoisotopic (exact) mass is 110 g/mol. The zero-order valence-corrected chi connectivity index (χ0v) is 5.02. The van der Waals surface area contributed by atoms with Crippen molar-refractivity contribution in [3.63, 3.8) is 0 Å². The van der Waals surface area contributed by atoms with Crippen molar-refractivity contribution in [2.24, 2.45) is 5.92 Å². The van der Waals surface area contributed by atoms with Crippen molar-refractivity contribution in [3.8, 4) is 6.19 Å². The zero-order chi connectivity index (χ0) is 5.98. The van der Waals surface area contributed by atoms with Gasteiger partial charge in [-0.05, 0) is 12.3 Å². The number of hydrogen-bond acceptors (Lipinski definition) is 2. The van der Waals surface area contributed by atoms with Crippen LogP contribution in [-0.4, -0.2) is 6.04 Å². The molecule has 0 saturated heterocycles. The quantitative estimate of drug-likeness (QED) is 0.422. The predicted octanol–water partition coefficient (Wildman–Crippen LogP) is 0.856. The average Bonchev–Trinajstić information content (AvgIpc) is 2.48. The van der Waals surface area contributed by atoms with Crippen LogP contribution >= 0.6 is 0 Å². The molecule has 0 spiro atoms. The molecule has 1 fully saturated rings. The number of rotatable bonds is 2. The van der Waals surface area contributed by atoms with Gasteiger partial charge in [0, 0.05) is 6.04 Å². The van der Waals surface area contributed by atoms with E-state index in [4.69, 9.17) is 5.26 Å². The van der Waals surface area contributed by atoms with Crippen molar-refractivity contribution < 1.29 is 0 Å². The van der Waals surface area contributed by atoms with Gasteiger partial charge in [0.2, 0.25) is 0 Å². The summed E-state index contributed by atoms with van der Waals surface area (Å²) in [5, 5.41) is 10.9. The number of nitrogens with zero attached hydrogens (tertiary/aromatic N) is 1. The Kier molecular flexibility index (Phi) is 1.38. The smallest absolute Gasteiger partial charge is 0.176 e. The van der Waals surface area contributed by atoms with Crippen molar-refractivity contribution >= 4 is 0 Å². The molecule has 0 radical (unpaired) electrons. The van der Waals surface area contributed by atoms with Crippen LogP contribution in [0.4, 0.5) is 0 Å². The van der Waals surface area contributed by atoms with Gasteiger partial charge in [-0.15, -0.1) is 0 Å². The van der Waals surface area contributed by atoms with E-state index in [1.54, 1.807) is 0 Å². The minimum absolute atomic E-state index is 0.519. The Balaban J connectivity index is 2.10. The van der Waals surface area contributed by atoms with Crippen LogP contribution in [0.25, 0.3) is 0 Å². The van der Waals surface area contributed by atoms with E-state index in [2.05, 4.69) is 12.2 Å². The molecule has 1 N–H and O–H groups in total. The second kappa shape index (κ2) is 2.04. The van der Waals surface area contributed by atoms with Gasteiger partial charge in [0.25, 0.3) is 0 Å².